The van der Waals surface area contributed by atoms with Crippen molar-refractivity contribution in [3.8, 4) is 5.75 Å². The highest BCUT2D eigenvalue weighted by molar-refractivity contribution is 9.08. The van der Waals surface area contributed by atoms with Gasteiger partial charge in [0, 0.05) is 17.3 Å². The number of hydrogen-bond acceptors (Lipinski definition) is 1. The van der Waals surface area contributed by atoms with Gasteiger partial charge in [0.25, 0.3) is 0 Å². The average Bonchev–Trinajstić information content (AvgIpc) is 2.38. The molecule has 2 aromatic rings. The summed E-state index contributed by atoms with van der Waals surface area (Å²) in [6.07, 6.45) is 0.439. The third-order valence-corrected chi connectivity index (χ3v) is 3.23. The SMILES string of the molecule is FCCCOc1ccc2ccccc2c1CBr. The molecule has 0 aromatic heterocycles. The standard InChI is InChI=1S/C14H14BrFO/c15-10-13-12-5-2-1-4-11(12)6-7-14(13)17-9-3-8-16/h1-2,4-7H,3,8-10H2. The molecule has 2 rings (SSSR count). The van der Waals surface area contributed by atoms with Crippen LogP contribution in [0.3, 0.4) is 0 Å². The minimum Gasteiger partial charge on any atom is -0.493 e. The van der Waals surface area contributed by atoms with Gasteiger partial charge in [-0.25, -0.2) is 0 Å². The highest BCUT2D eigenvalue weighted by atomic mass is 79.9. The maximum absolute atomic E-state index is 12.0. The van der Waals surface area contributed by atoms with E-state index in [2.05, 4.69) is 28.1 Å². The molecule has 0 aliphatic carbocycles. The van der Waals surface area contributed by atoms with Gasteiger partial charge in [-0.3, -0.25) is 4.39 Å². The molecule has 0 saturated carbocycles. The highest BCUT2D eigenvalue weighted by Gasteiger charge is 2.07. The Kier molecular flexibility index (Phi) is 4.37. The van der Waals surface area contributed by atoms with Crippen LogP contribution in [0.4, 0.5) is 4.39 Å². The van der Waals surface area contributed by atoms with Crippen molar-refractivity contribution >= 4 is 26.7 Å². The lowest BCUT2D eigenvalue weighted by Gasteiger charge is -2.12. The van der Waals surface area contributed by atoms with E-state index >= 15 is 0 Å². The predicted octanol–water partition coefficient (Wildman–Crippen LogP) is 4.47. The summed E-state index contributed by atoms with van der Waals surface area (Å²) in [5, 5.41) is 3.11. The summed E-state index contributed by atoms with van der Waals surface area (Å²) in [6.45, 7) is 0.0894. The molecule has 0 saturated heterocycles. The van der Waals surface area contributed by atoms with Crippen molar-refractivity contribution < 1.29 is 9.13 Å². The zero-order valence-electron chi connectivity index (χ0n) is 9.46. The first-order valence-electron chi connectivity index (χ1n) is 5.62. The van der Waals surface area contributed by atoms with Gasteiger partial charge >= 0.3 is 0 Å². The lowest BCUT2D eigenvalue weighted by atomic mass is 10.0. The van der Waals surface area contributed by atoms with Gasteiger partial charge in [0.2, 0.25) is 0 Å². The van der Waals surface area contributed by atoms with E-state index < -0.39 is 0 Å². The Bertz CT molecular complexity index is 499. The molecule has 17 heavy (non-hydrogen) atoms. The number of fused-ring (bicyclic) bond motifs is 1. The first kappa shape index (κ1) is 12.4. The normalized spacial score (nSPS) is 10.7. The Hall–Kier alpha value is -1.09. The van der Waals surface area contributed by atoms with Crippen LogP contribution in [0.25, 0.3) is 10.8 Å². The summed E-state index contributed by atoms with van der Waals surface area (Å²) in [7, 11) is 0. The van der Waals surface area contributed by atoms with Crippen LogP contribution in [-0.2, 0) is 5.33 Å². The molecule has 0 amide bonds. The highest BCUT2D eigenvalue weighted by Crippen LogP contribution is 2.30. The molecule has 0 fully saturated rings. The third kappa shape index (κ3) is 2.78. The molecule has 0 aliphatic rings. The van der Waals surface area contributed by atoms with Crippen molar-refractivity contribution in [1.29, 1.82) is 0 Å². The summed E-state index contributed by atoms with van der Waals surface area (Å²) in [6, 6.07) is 12.2. The molecular weight excluding hydrogens is 283 g/mol. The van der Waals surface area contributed by atoms with Crippen molar-refractivity contribution in [3.05, 3.63) is 42.0 Å². The van der Waals surface area contributed by atoms with E-state index in [1.54, 1.807) is 0 Å². The third-order valence-electron chi connectivity index (χ3n) is 2.67. The van der Waals surface area contributed by atoms with Crippen LogP contribution >= 0.6 is 15.9 Å². The van der Waals surface area contributed by atoms with E-state index in [0.29, 0.717) is 13.0 Å². The Morgan fingerprint density at radius 2 is 1.94 bits per heavy atom. The van der Waals surface area contributed by atoms with E-state index in [4.69, 9.17) is 4.74 Å². The molecule has 0 radical (unpaired) electrons. The summed E-state index contributed by atoms with van der Waals surface area (Å²) < 4.78 is 17.6. The maximum atomic E-state index is 12.0. The smallest absolute Gasteiger partial charge is 0.123 e. The topological polar surface area (TPSA) is 9.23 Å². The van der Waals surface area contributed by atoms with E-state index in [-0.39, 0.29) is 6.67 Å². The summed E-state index contributed by atoms with van der Waals surface area (Å²) in [5.74, 6) is 0.842. The van der Waals surface area contributed by atoms with Crippen molar-refractivity contribution in [1.82, 2.24) is 0 Å². The molecule has 90 valence electrons. The largest absolute Gasteiger partial charge is 0.493 e. The van der Waals surface area contributed by atoms with Crippen LogP contribution in [0.15, 0.2) is 36.4 Å². The number of ether oxygens (including phenoxy) is 1. The lowest BCUT2D eigenvalue weighted by Crippen LogP contribution is -2.00. The molecule has 2 aromatic carbocycles. The number of hydrogen-bond donors (Lipinski definition) is 0. The van der Waals surface area contributed by atoms with Crippen LogP contribution in [0, 0.1) is 0 Å². The Morgan fingerprint density at radius 3 is 2.71 bits per heavy atom. The number of halogens is 2. The molecule has 3 heteroatoms. The van der Waals surface area contributed by atoms with Crippen LogP contribution in [0.1, 0.15) is 12.0 Å². The van der Waals surface area contributed by atoms with Gasteiger partial charge in [0.1, 0.15) is 5.75 Å². The molecule has 0 spiro atoms. The van der Waals surface area contributed by atoms with Gasteiger partial charge < -0.3 is 4.74 Å². The number of alkyl halides is 2. The molecule has 0 atom stereocenters. The van der Waals surface area contributed by atoms with Crippen molar-refractivity contribution in [3.63, 3.8) is 0 Å². The van der Waals surface area contributed by atoms with Crippen molar-refractivity contribution in [2.24, 2.45) is 0 Å². The first-order valence-corrected chi connectivity index (χ1v) is 6.74. The minimum absolute atomic E-state index is 0.336. The number of rotatable bonds is 5. The van der Waals surface area contributed by atoms with Crippen LogP contribution in [-0.4, -0.2) is 13.3 Å². The fraction of sp³-hybridized carbons (Fsp3) is 0.286. The van der Waals surface area contributed by atoms with Gasteiger partial charge in [0.05, 0.1) is 13.3 Å². The zero-order valence-corrected chi connectivity index (χ0v) is 11.0. The Balaban J connectivity index is 2.35. The molecule has 1 nitrogen and oxygen atoms in total. The van der Waals surface area contributed by atoms with E-state index in [0.717, 1.165) is 16.6 Å². The van der Waals surface area contributed by atoms with Gasteiger partial charge in [-0.05, 0) is 16.8 Å². The summed E-state index contributed by atoms with van der Waals surface area (Å²) >= 11 is 3.48. The zero-order chi connectivity index (χ0) is 12.1. The summed E-state index contributed by atoms with van der Waals surface area (Å²) in [5.41, 5.74) is 1.13. The van der Waals surface area contributed by atoms with Gasteiger partial charge in [0.15, 0.2) is 0 Å². The second-order valence-electron chi connectivity index (χ2n) is 3.79. The molecular formula is C14H14BrFO. The first-order chi connectivity index (χ1) is 8.36. The molecule has 0 N–H and O–H groups in total. The van der Waals surface area contributed by atoms with E-state index in [9.17, 15) is 4.39 Å². The van der Waals surface area contributed by atoms with Crippen molar-refractivity contribution in [2.75, 3.05) is 13.3 Å². The predicted molar refractivity (Wildman–Crippen MR) is 72.7 cm³/mol. The minimum atomic E-state index is -0.336. The maximum Gasteiger partial charge on any atom is 0.123 e. The average molecular weight is 297 g/mol. The molecule has 0 heterocycles. The second-order valence-corrected chi connectivity index (χ2v) is 4.35. The number of benzene rings is 2. The molecule has 0 unspecified atom stereocenters. The Labute approximate surface area is 109 Å². The fourth-order valence-corrected chi connectivity index (χ4v) is 2.40. The summed E-state index contributed by atoms with van der Waals surface area (Å²) in [4.78, 5) is 0. The van der Waals surface area contributed by atoms with E-state index in [1.165, 1.54) is 10.8 Å². The fourth-order valence-electron chi connectivity index (χ4n) is 1.83. The van der Waals surface area contributed by atoms with Crippen molar-refractivity contribution in [2.45, 2.75) is 11.8 Å². The molecule has 0 aliphatic heterocycles. The quantitative estimate of drug-likeness (QED) is 0.584. The van der Waals surface area contributed by atoms with Gasteiger partial charge in [-0.15, -0.1) is 0 Å². The monoisotopic (exact) mass is 296 g/mol. The van der Waals surface area contributed by atoms with Gasteiger partial charge in [-0.1, -0.05) is 46.3 Å². The second kappa shape index (κ2) is 6.01. The van der Waals surface area contributed by atoms with Crippen LogP contribution in [0.5, 0.6) is 5.75 Å². The van der Waals surface area contributed by atoms with Crippen LogP contribution < -0.4 is 4.74 Å². The Morgan fingerprint density at radius 1 is 1.12 bits per heavy atom. The molecule has 0 bridgehead atoms. The van der Waals surface area contributed by atoms with Crippen LogP contribution in [0.2, 0.25) is 0 Å². The lowest BCUT2D eigenvalue weighted by molar-refractivity contribution is 0.288. The van der Waals surface area contributed by atoms with Gasteiger partial charge in [-0.2, -0.15) is 0 Å². The van der Waals surface area contributed by atoms with E-state index in [1.807, 2.05) is 24.3 Å².